The molecule has 1 aliphatic heterocycles. The van der Waals surface area contributed by atoms with Gasteiger partial charge < -0.3 is 0 Å². The number of Topliss-reactive ketones (excluding diaryl/α,β-unsaturated/α-hetero) is 1. The topological polar surface area (TPSA) is 20.3 Å². The van der Waals surface area contributed by atoms with Crippen LogP contribution >= 0.6 is 0 Å². The molecule has 13 heavy (non-hydrogen) atoms. The Hall–Kier alpha value is -0.810. The first-order valence-electron chi connectivity index (χ1n) is 4.92. The Morgan fingerprint density at radius 1 is 1.77 bits per heavy atom. The predicted octanol–water partition coefficient (Wildman–Crippen LogP) is 1.31. The normalized spacial score (nSPS) is 26.8. The third-order valence-corrected chi connectivity index (χ3v) is 2.72. The minimum Gasteiger partial charge on any atom is -0.299 e. The Balaban J connectivity index is 2.55. The standard InChI is InChI=1S/C11H17NO/c1-4-10(5-2)12-7-6-11(13)9(3)8-12/h1,9-10H,5-8H2,2-3H3. The van der Waals surface area contributed by atoms with Crippen LogP contribution in [0.1, 0.15) is 26.7 Å². The van der Waals surface area contributed by atoms with Crippen LogP contribution in [-0.2, 0) is 4.79 Å². The van der Waals surface area contributed by atoms with E-state index in [-0.39, 0.29) is 12.0 Å². The lowest BCUT2D eigenvalue weighted by Crippen LogP contribution is -2.44. The lowest BCUT2D eigenvalue weighted by atomic mass is 9.97. The van der Waals surface area contributed by atoms with Crippen molar-refractivity contribution in [2.24, 2.45) is 5.92 Å². The molecule has 1 saturated heterocycles. The summed E-state index contributed by atoms with van der Waals surface area (Å²) in [6.07, 6.45) is 7.05. The third kappa shape index (κ3) is 2.32. The molecule has 2 unspecified atom stereocenters. The fourth-order valence-electron chi connectivity index (χ4n) is 1.81. The summed E-state index contributed by atoms with van der Waals surface area (Å²) in [5.74, 6) is 3.31. The average molecular weight is 179 g/mol. The summed E-state index contributed by atoms with van der Waals surface area (Å²) in [7, 11) is 0. The number of ketones is 1. The third-order valence-electron chi connectivity index (χ3n) is 2.72. The van der Waals surface area contributed by atoms with Gasteiger partial charge in [0.15, 0.2) is 0 Å². The van der Waals surface area contributed by atoms with Crippen molar-refractivity contribution >= 4 is 5.78 Å². The second kappa shape index (κ2) is 4.43. The number of terminal acetylenes is 1. The van der Waals surface area contributed by atoms with Crippen LogP contribution in [0.25, 0.3) is 0 Å². The molecule has 0 saturated carbocycles. The first kappa shape index (κ1) is 10.3. The van der Waals surface area contributed by atoms with Gasteiger partial charge in [0, 0.05) is 25.4 Å². The van der Waals surface area contributed by atoms with Gasteiger partial charge in [0.2, 0.25) is 0 Å². The summed E-state index contributed by atoms with van der Waals surface area (Å²) >= 11 is 0. The van der Waals surface area contributed by atoms with Gasteiger partial charge >= 0.3 is 0 Å². The van der Waals surface area contributed by atoms with Crippen molar-refractivity contribution in [2.75, 3.05) is 13.1 Å². The molecule has 2 atom stereocenters. The number of piperidine rings is 1. The molecule has 0 aliphatic carbocycles. The van der Waals surface area contributed by atoms with Crippen molar-refractivity contribution in [3.63, 3.8) is 0 Å². The quantitative estimate of drug-likeness (QED) is 0.596. The lowest BCUT2D eigenvalue weighted by molar-refractivity contribution is -0.125. The monoisotopic (exact) mass is 179 g/mol. The zero-order valence-corrected chi connectivity index (χ0v) is 8.42. The first-order valence-corrected chi connectivity index (χ1v) is 4.92. The minimum atomic E-state index is 0.163. The fourth-order valence-corrected chi connectivity index (χ4v) is 1.81. The van der Waals surface area contributed by atoms with E-state index in [0.29, 0.717) is 12.2 Å². The van der Waals surface area contributed by atoms with Crippen molar-refractivity contribution in [3.8, 4) is 12.3 Å². The Bertz CT molecular complexity index is 229. The molecule has 72 valence electrons. The van der Waals surface area contributed by atoms with E-state index in [0.717, 1.165) is 19.5 Å². The SMILES string of the molecule is C#CC(CC)N1CCC(=O)C(C)C1. The molecule has 2 nitrogen and oxygen atoms in total. The van der Waals surface area contributed by atoms with Gasteiger partial charge in [0.25, 0.3) is 0 Å². The second-order valence-electron chi connectivity index (χ2n) is 3.70. The molecule has 1 aliphatic rings. The number of carbonyl (C=O) groups excluding carboxylic acids is 1. The summed E-state index contributed by atoms with van der Waals surface area (Å²) in [4.78, 5) is 13.5. The van der Waals surface area contributed by atoms with Crippen LogP contribution in [0.3, 0.4) is 0 Å². The Morgan fingerprint density at radius 3 is 2.92 bits per heavy atom. The number of carbonyl (C=O) groups is 1. The van der Waals surface area contributed by atoms with Crippen LogP contribution in [0.5, 0.6) is 0 Å². The van der Waals surface area contributed by atoms with E-state index >= 15 is 0 Å². The highest BCUT2D eigenvalue weighted by molar-refractivity contribution is 5.81. The Labute approximate surface area is 80.3 Å². The highest BCUT2D eigenvalue weighted by Crippen LogP contribution is 2.15. The maximum atomic E-state index is 11.3. The number of hydrogen-bond acceptors (Lipinski definition) is 2. The van der Waals surface area contributed by atoms with Crippen molar-refractivity contribution in [3.05, 3.63) is 0 Å². The molecule has 0 amide bonds. The van der Waals surface area contributed by atoms with E-state index in [1.807, 2.05) is 6.92 Å². The number of likely N-dealkylation sites (tertiary alicyclic amines) is 1. The van der Waals surface area contributed by atoms with Crippen LogP contribution in [0.15, 0.2) is 0 Å². The average Bonchev–Trinajstić information content (AvgIpc) is 2.13. The molecule has 1 rings (SSSR count). The second-order valence-corrected chi connectivity index (χ2v) is 3.70. The predicted molar refractivity (Wildman–Crippen MR) is 53.3 cm³/mol. The molecule has 0 N–H and O–H groups in total. The summed E-state index contributed by atoms with van der Waals surface area (Å²) in [6.45, 7) is 5.75. The molecule has 0 radical (unpaired) electrons. The maximum Gasteiger partial charge on any atom is 0.138 e. The van der Waals surface area contributed by atoms with Crippen LogP contribution in [0, 0.1) is 18.3 Å². The van der Waals surface area contributed by atoms with Gasteiger partial charge in [-0.15, -0.1) is 6.42 Å². The van der Waals surface area contributed by atoms with Crippen molar-refractivity contribution in [1.82, 2.24) is 4.90 Å². The van der Waals surface area contributed by atoms with Crippen LogP contribution in [0.2, 0.25) is 0 Å². The zero-order valence-electron chi connectivity index (χ0n) is 8.42. The molecular formula is C11H17NO. The minimum absolute atomic E-state index is 0.163. The molecule has 0 bridgehead atoms. The van der Waals surface area contributed by atoms with Gasteiger partial charge in [0.1, 0.15) is 5.78 Å². The molecule has 0 spiro atoms. The smallest absolute Gasteiger partial charge is 0.138 e. The van der Waals surface area contributed by atoms with Crippen molar-refractivity contribution in [1.29, 1.82) is 0 Å². The summed E-state index contributed by atoms with van der Waals surface area (Å²) < 4.78 is 0. The van der Waals surface area contributed by atoms with Gasteiger partial charge in [0.05, 0.1) is 6.04 Å². The van der Waals surface area contributed by atoms with E-state index in [1.165, 1.54) is 0 Å². The fraction of sp³-hybridized carbons (Fsp3) is 0.727. The molecular weight excluding hydrogens is 162 g/mol. The first-order chi connectivity index (χ1) is 6.19. The molecule has 2 heteroatoms. The van der Waals surface area contributed by atoms with E-state index in [4.69, 9.17) is 6.42 Å². The number of hydrogen-bond donors (Lipinski definition) is 0. The Kier molecular flexibility index (Phi) is 3.50. The van der Waals surface area contributed by atoms with E-state index in [9.17, 15) is 4.79 Å². The van der Waals surface area contributed by atoms with Crippen LogP contribution in [0.4, 0.5) is 0 Å². The summed E-state index contributed by atoms with van der Waals surface area (Å²) in [6, 6.07) is 0.218. The van der Waals surface area contributed by atoms with Gasteiger partial charge in [-0.25, -0.2) is 0 Å². The number of nitrogens with zero attached hydrogens (tertiary/aromatic N) is 1. The van der Waals surface area contributed by atoms with Crippen molar-refractivity contribution in [2.45, 2.75) is 32.7 Å². The van der Waals surface area contributed by atoms with Gasteiger partial charge in [-0.3, -0.25) is 9.69 Å². The molecule has 1 fully saturated rings. The molecule has 1 heterocycles. The summed E-state index contributed by atoms with van der Waals surface area (Å²) in [5, 5.41) is 0. The highest BCUT2D eigenvalue weighted by atomic mass is 16.1. The molecule has 0 aromatic rings. The van der Waals surface area contributed by atoms with Crippen LogP contribution in [-0.4, -0.2) is 29.8 Å². The van der Waals surface area contributed by atoms with E-state index < -0.39 is 0 Å². The van der Waals surface area contributed by atoms with Crippen LogP contribution < -0.4 is 0 Å². The lowest BCUT2D eigenvalue weighted by Gasteiger charge is -2.33. The van der Waals surface area contributed by atoms with Gasteiger partial charge in [-0.1, -0.05) is 19.8 Å². The maximum absolute atomic E-state index is 11.3. The molecule has 0 aromatic heterocycles. The Morgan fingerprint density at radius 2 is 2.46 bits per heavy atom. The number of rotatable bonds is 2. The highest BCUT2D eigenvalue weighted by Gasteiger charge is 2.26. The van der Waals surface area contributed by atoms with Crippen molar-refractivity contribution < 1.29 is 4.79 Å². The van der Waals surface area contributed by atoms with Gasteiger partial charge in [-0.2, -0.15) is 0 Å². The van der Waals surface area contributed by atoms with Gasteiger partial charge in [-0.05, 0) is 6.42 Å². The van der Waals surface area contributed by atoms with E-state index in [2.05, 4.69) is 17.7 Å². The largest absolute Gasteiger partial charge is 0.299 e. The summed E-state index contributed by atoms with van der Waals surface area (Å²) in [5.41, 5.74) is 0. The zero-order chi connectivity index (χ0) is 9.84. The van der Waals surface area contributed by atoms with E-state index in [1.54, 1.807) is 0 Å². The molecule has 0 aromatic carbocycles.